The standard InChI is InChI=1S/C21H25ClN2O5S/c1-28-18-9-10-19(20(12-18)29-2)23-21(25)16-4-3-11-24(13-16)30(26,27)14-15-5-7-17(22)8-6-15/h5-10,12,16H,3-4,11,13-14H2,1-2H3,(H,23,25). The average Bonchev–Trinajstić information content (AvgIpc) is 2.75. The molecule has 2 aromatic rings. The fraction of sp³-hybridized carbons (Fsp3) is 0.381. The van der Waals surface area contributed by atoms with Crippen LogP contribution in [0.2, 0.25) is 5.02 Å². The topological polar surface area (TPSA) is 84.9 Å². The molecule has 3 rings (SSSR count). The summed E-state index contributed by atoms with van der Waals surface area (Å²) >= 11 is 5.87. The first kappa shape index (κ1) is 22.4. The highest BCUT2D eigenvalue weighted by molar-refractivity contribution is 7.88. The van der Waals surface area contributed by atoms with Crippen LogP contribution in [-0.2, 0) is 20.6 Å². The summed E-state index contributed by atoms with van der Waals surface area (Å²) in [6, 6.07) is 11.8. The fourth-order valence-electron chi connectivity index (χ4n) is 3.43. The number of benzene rings is 2. The van der Waals surface area contributed by atoms with Crippen LogP contribution < -0.4 is 14.8 Å². The van der Waals surface area contributed by atoms with Gasteiger partial charge in [0, 0.05) is 24.2 Å². The molecule has 162 valence electrons. The lowest BCUT2D eigenvalue weighted by Gasteiger charge is -2.31. The highest BCUT2D eigenvalue weighted by Crippen LogP contribution is 2.30. The number of nitrogens with one attached hydrogen (secondary N) is 1. The van der Waals surface area contributed by atoms with Crippen molar-refractivity contribution in [3.63, 3.8) is 0 Å². The molecule has 1 aliphatic heterocycles. The lowest BCUT2D eigenvalue weighted by atomic mass is 9.98. The molecule has 1 amide bonds. The van der Waals surface area contributed by atoms with Gasteiger partial charge < -0.3 is 14.8 Å². The van der Waals surface area contributed by atoms with Gasteiger partial charge in [0.05, 0.1) is 31.6 Å². The summed E-state index contributed by atoms with van der Waals surface area (Å²) in [5, 5.41) is 3.41. The van der Waals surface area contributed by atoms with E-state index < -0.39 is 15.9 Å². The van der Waals surface area contributed by atoms with Crippen LogP contribution in [0.1, 0.15) is 18.4 Å². The van der Waals surface area contributed by atoms with Crippen molar-refractivity contribution in [1.82, 2.24) is 4.31 Å². The number of hydrogen-bond donors (Lipinski definition) is 1. The summed E-state index contributed by atoms with van der Waals surface area (Å²) in [6.45, 7) is 0.561. The Labute approximate surface area is 182 Å². The largest absolute Gasteiger partial charge is 0.497 e. The van der Waals surface area contributed by atoms with Gasteiger partial charge in [-0.1, -0.05) is 23.7 Å². The van der Waals surface area contributed by atoms with Gasteiger partial charge in [0.1, 0.15) is 11.5 Å². The third-order valence-electron chi connectivity index (χ3n) is 5.08. The summed E-state index contributed by atoms with van der Waals surface area (Å²) in [5.74, 6) is 0.299. The molecule has 0 radical (unpaired) electrons. The normalized spacial score (nSPS) is 17.4. The van der Waals surface area contributed by atoms with Gasteiger partial charge in [-0.15, -0.1) is 0 Å². The Kier molecular flexibility index (Phi) is 7.23. The Morgan fingerprint density at radius 1 is 1.17 bits per heavy atom. The summed E-state index contributed by atoms with van der Waals surface area (Å²) in [7, 11) is -0.482. The molecular weight excluding hydrogens is 428 g/mol. The molecule has 7 nitrogen and oxygen atoms in total. The van der Waals surface area contributed by atoms with Crippen LogP contribution in [0.5, 0.6) is 11.5 Å². The second-order valence-electron chi connectivity index (χ2n) is 7.14. The van der Waals surface area contributed by atoms with E-state index in [0.717, 1.165) is 0 Å². The molecule has 0 spiro atoms. The van der Waals surface area contributed by atoms with E-state index in [4.69, 9.17) is 21.1 Å². The molecule has 1 fully saturated rings. The molecule has 0 aliphatic carbocycles. The zero-order valence-electron chi connectivity index (χ0n) is 16.9. The number of sulfonamides is 1. The number of carbonyl (C=O) groups excluding carboxylic acids is 1. The van der Waals surface area contributed by atoms with Gasteiger partial charge in [-0.05, 0) is 42.7 Å². The van der Waals surface area contributed by atoms with Gasteiger partial charge in [0.15, 0.2) is 0 Å². The number of nitrogens with zero attached hydrogens (tertiary/aromatic N) is 1. The van der Waals surface area contributed by atoms with E-state index in [1.807, 2.05) is 0 Å². The summed E-state index contributed by atoms with van der Waals surface area (Å²) < 4.78 is 37.6. The van der Waals surface area contributed by atoms with Crippen LogP contribution in [0.15, 0.2) is 42.5 Å². The minimum absolute atomic E-state index is 0.120. The van der Waals surface area contributed by atoms with E-state index in [-0.39, 0.29) is 18.2 Å². The quantitative estimate of drug-likeness (QED) is 0.694. The Morgan fingerprint density at radius 3 is 2.57 bits per heavy atom. The van der Waals surface area contributed by atoms with Crippen LogP contribution in [0.3, 0.4) is 0 Å². The third-order valence-corrected chi connectivity index (χ3v) is 7.15. The molecule has 2 aromatic carbocycles. The van der Waals surface area contributed by atoms with Crippen molar-refractivity contribution in [3.8, 4) is 11.5 Å². The van der Waals surface area contributed by atoms with E-state index in [1.165, 1.54) is 11.4 Å². The molecule has 1 aliphatic rings. The fourth-order valence-corrected chi connectivity index (χ4v) is 5.16. The van der Waals surface area contributed by atoms with Crippen molar-refractivity contribution in [2.45, 2.75) is 18.6 Å². The highest BCUT2D eigenvalue weighted by Gasteiger charge is 2.32. The SMILES string of the molecule is COc1ccc(NC(=O)C2CCCN(S(=O)(=O)Cc3ccc(Cl)cc3)C2)c(OC)c1. The van der Waals surface area contributed by atoms with Gasteiger partial charge in [-0.3, -0.25) is 4.79 Å². The summed E-state index contributed by atoms with van der Waals surface area (Å²) in [4.78, 5) is 12.8. The van der Waals surface area contributed by atoms with E-state index in [1.54, 1.807) is 49.6 Å². The monoisotopic (exact) mass is 452 g/mol. The molecule has 1 heterocycles. The van der Waals surface area contributed by atoms with Crippen molar-refractivity contribution in [2.24, 2.45) is 5.92 Å². The Bertz CT molecular complexity index is 995. The Balaban J connectivity index is 1.68. The van der Waals surface area contributed by atoms with E-state index in [9.17, 15) is 13.2 Å². The van der Waals surface area contributed by atoms with Crippen LogP contribution >= 0.6 is 11.6 Å². The molecule has 1 unspecified atom stereocenters. The first-order valence-corrected chi connectivity index (χ1v) is 11.6. The van der Waals surface area contributed by atoms with Gasteiger partial charge >= 0.3 is 0 Å². The van der Waals surface area contributed by atoms with Crippen molar-refractivity contribution in [3.05, 3.63) is 53.1 Å². The van der Waals surface area contributed by atoms with Gasteiger partial charge in [-0.2, -0.15) is 0 Å². The predicted octanol–water partition coefficient (Wildman–Crippen LogP) is 3.54. The number of piperidine rings is 1. The second-order valence-corrected chi connectivity index (χ2v) is 9.54. The van der Waals surface area contributed by atoms with Gasteiger partial charge in [-0.25, -0.2) is 12.7 Å². The Morgan fingerprint density at radius 2 is 1.90 bits per heavy atom. The van der Waals surface area contributed by atoms with Crippen LogP contribution in [-0.4, -0.2) is 45.9 Å². The van der Waals surface area contributed by atoms with Crippen LogP contribution in [0.25, 0.3) is 0 Å². The van der Waals surface area contributed by atoms with Crippen molar-refractivity contribution in [2.75, 3.05) is 32.6 Å². The number of anilines is 1. The van der Waals surface area contributed by atoms with Gasteiger partial charge in [0.25, 0.3) is 0 Å². The first-order valence-electron chi connectivity index (χ1n) is 9.57. The molecule has 0 saturated carbocycles. The molecule has 1 saturated heterocycles. The molecule has 0 bridgehead atoms. The third kappa shape index (κ3) is 5.44. The first-order chi connectivity index (χ1) is 14.3. The molecular formula is C21H25ClN2O5S. The van der Waals surface area contributed by atoms with Crippen LogP contribution in [0, 0.1) is 5.92 Å². The maximum absolute atomic E-state index is 12.9. The maximum atomic E-state index is 12.9. The lowest BCUT2D eigenvalue weighted by molar-refractivity contribution is -0.120. The van der Waals surface area contributed by atoms with E-state index in [0.29, 0.717) is 47.2 Å². The summed E-state index contributed by atoms with van der Waals surface area (Å²) in [5.41, 5.74) is 1.18. The second kappa shape index (κ2) is 9.68. The number of ether oxygens (including phenoxy) is 2. The van der Waals surface area contributed by atoms with Gasteiger partial charge in [0.2, 0.25) is 15.9 Å². The number of methoxy groups -OCH3 is 2. The minimum atomic E-state index is -3.54. The molecule has 1 atom stereocenters. The predicted molar refractivity (Wildman–Crippen MR) is 117 cm³/mol. The number of halogens is 1. The molecule has 9 heteroatoms. The number of carbonyl (C=O) groups is 1. The van der Waals surface area contributed by atoms with Crippen molar-refractivity contribution in [1.29, 1.82) is 0 Å². The lowest BCUT2D eigenvalue weighted by Crippen LogP contribution is -2.44. The maximum Gasteiger partial charge on any atom is 0.228 e. The molecule has 1 N–H and O–H groups in total. The smallest absolute Gasteiger partial charge is 0.228 e. The average molecular weight is 453 g/mol. The number of hydrogen-bond acceptors (Lipinski definition) is 5. The van der Waals surface area contributed by atoms with E-state index >= 15 is 0 Å². The van der Waals surface area contributed by atoms with Crippen molar-refractivity contribution >= 4 is 33.2 Å². The van der Waals surface area contributed by atoms with E-state index in [2.05, 4.69) is 5.32 Å². The molecule has 0 aromatic heterocycles. The van der Waals surface area contributed by atoms with Crippen molar-refractivity contribution < 1.29 is 22.7 Å². The minimum Gasteiger partial charge on any atom is -0.497 e. The number of amides is 1. The Hall–Kier alpha value is -2.29. The number of rotatable bonds is 7. The zero-order chi connectivity index (χ0) is 21.7. The molecule has 30 heavy (non-hydrogen) atoms. The zero-order valence-corrected chi connectivity index (χ0v) is 18.5. The highest BCUT2D eigenvalue weighted by atomic mass is 35.5. The van der Waals surface area contributed by atoms with Crippen LogP contribution in [0.4, 0.5) is 5.69 Å². The summed E-state index contributed by atoms with van der Waals surface area (Å²) in [6.07, 6.45) is 1.24.